The van der Waals surface area contributed by atoms with Gasteiger partial charge in [0.2, 0.25) is 0 Å². The van der Waals surface area contributed by atoms with Gasteiger partial charge in [-0.3, -0.25) is 10.1 Å². The zero-order valence-electron chi connectivity index (χ0n) is 12.6. The molecule has 1 aliphatic heterocycles. The molecule has 6 nitrogen and oxygen atoms in total. The lowest BCUT2D eigenvalue weighted by atomic mass is 9.95. The van der Waals surface area contributed by atoms with Crippen molar-refractivity contribution >= 4 is 28.3 Å². The minimum Gasteiger partial charge on any atom is -0.453 e. The third-order valence-corrected chi connectivity index (χ3v) is 5.29. The zero-order chi connectivity index (χ0) is 15.5. The molecule has 0 bridgehead atoms. The van der Waals surface area contributed by atoms with E-state index in [2.05, 4.69) is 10.1 Å². The standard InChI is InChI=1S/C15H20N2O4S/c1-20-15(19)16-13-12(10-4-2-3-5-11(10)22-13)14(18)17-6-8-21-9-7-17/h2-9H2,1H3,(H,16,19). The smallest absolute Gasteiger partial charge is 0.411 e. The maximum atomic E-state index is 12.9. The molecule has 0 aromatic carbocycles. The van der Waals surface area contributed by atoms with Crippen molar-refractivity contribution in [3.63, 3.8) is 0 Å². The lowest BCUT2D eigenvalue weighted by Crippen LogP contribution is -2.41. The van der Waals surface area contributed by atoms with Crippen LogP contribution in [0.25, 0.3) is 0 Å². The van der Waals surface area contributed by atoms with Gasteiger partial charge in [0.05, 0.1) is 25.9 Å². The van der Waals surface area contributed by atoms with Gasteiger partial charge < -0.3 is 14.4 Å². The molecule has 1 N–H and O–H groups in total. The Labute approximate surface area is 133 Å². The quantitative estimate of drug-likeness (QED) is 0.906. The predicted octanol–water partition coefficient (Wildman–Crippen LogP) is 2.28. The van der Waals surface area contributed by atoms with Crippen molar-refractivity contribution in [2.45, 2.75) is 25.7 Å². The first-order valence-corrected chi connectivity index (χ1v) is 8.39. The molecule has 120 valence electrons. The molecule has 0 atom stereocenters. The molecule has 7 heteroatoms. The summed E-state index contributed by atoms with van der Waals surface area (Å²) in [7, 11) is 1.33. The number of aryl methyl sites for hydroxylation is 1. The predicted molar refractivity (Wildman–Crippen MR) is 83.7 cm³/mol. The van der Waals surface area contributed by atoms with Crippen molar-refractivity contribution < 1.29 is 19.1 Å². The van der Waals surface area contributed by atoms with Crippen LogP contribution in [0, 0.1) is 0 Å². The molecule has 1 saturated heterocycles. The van der Waals surface area contributed by atoms with Crippen LogP contribution in [0.1, 0.15) is 33.6 Å². The molecule has 1 aromatic heterocycles. The normalized spacial score (nSPS) is 17.8. The fraction of sp³-hybridized carbons (Fsp3) is 0.600. The van der Waals surface area contributed by atoms with E-state index >= 15 is 0 Å². The van der Waals surface area contributed by atoms with E-state index in [1.807, 2.05) is 4.90 Å². The van der Waals surface area contributed by atoms with E-state index in [9.17, 15) is 9.59 Å². The monoisotopic (exact) mass is 324 g/mol. The minimum absolute atomic E-state index is 0.00546. The number of carbonyl (C=O) groups is 2. The van der Waals surface area contributed by atoms with E-state index in [4.69, 9.17) is 4.74 Å². The average molecular weight is 324 g/mol. The molecular weight excluding hydrogens is 304 g/mol. The summed E-state index contributed by atoms with van der Waals surface area (Å²) in [6.45, 7) is 2.33. The van der Waals surface area contributed by atoms with Crippen LogP contribution < -0.4 is 5.32 Å². The van der Waals surface area contributed by atoms with Gasteiger partial charge >= 0.3 is 6.09 Å². The molecule has 1 fully saturated rings. The number of nitrogens with zero attached hydrogens (tertiary/aromatic N) is 1. The van der Waals surface area contributed by atoms with Crippen molar-refractivity contribution in [2.75, 3.05) is 38.7 Å². The van der Waals surface area contributed by atoms with Crippen LogP contribution in [-0.4, -0.2) is 50.3 Å². The Morgan fingerprint density at radius 3 is 2.68 bits per heavy atom. The number of amides is 2. The van der Waals surface area contributed by atoms with Crippen LogP contribution >= 0.6 is 11.3 Å². The highest BCUT2D eigenvalue weighted by atomic mass is 32.1. The second-order valence-corrected chi connectivity index (χ2v) is 6.54. The summed E-state index contributed by atoms with van der Waals surface area (Å²) in [4.78, 5) is 27.5. The van der Waals surface area contributed by atoms with Gasteiger partial charge in [0, 0.05) is 18.0 Å². The maximum absolute atomic E-state index is 12.9. The van der Waals surface area contributed by atoms with Crippen LogP contribution in [0.2, 0.25) is 0 Å². The number of hydrogen-bond donors (Lipinski definition) is 1. The van der Waals surface area contributed by atoms with Crippen molar-refractivity contribution in [2.24, 2.45) is 0 Å². The fourth-order valence-corrected chi connectivity index (χ4v) is 4.22. The molecule has 0 spiro atoms. The number of nitrogens with one attached hydrogen (secondary N) is 1. The molecule has 2 aliphatic rings. The Morgan fingerprint density at radius 1 is 1.23 bits per heavy atom. The molecule has 2 amide bonds. The van der Waals surface area contributed by atoms with E-state index in [1.165, 1.54) is 23.3 Å². The summed E-state index contributed by atoms with van der Waals surface area (Å²) in [6, 6.07) is 0. The van der Waals surface area contributed by atoms with Gasteiger partial charge in [0.25, 0.3) is 5.91 Å². The number of rotatable bonds is 2. The highest BCUT2D eigenvalue weighted by Crippen LogP contribution is 2.39. The van der Waals surface area contributed by atoms with Crippen molar-refractivity contribution in [1.82, 2.24) is 4.90 Å². The topological polar surface area (TPSA) is 67.9 Å². The van der Waals surface area contributed by atoms with E-state index in [0.29, 0.717) is 36.9 Å². The van der Waals surface area contributed by atoms with E-state index in [1.54, 1.807) is 0 Å². The van der Waals surface area contributed by atoms with Crippen LogP contribution in [-0.2, 0) is 22.3 Å². The summed E-state index contributed by atoms with van der Waals surface area (Å²) in [5.74, 6) is -0.00546. The van der Waals surface area contributed by atoms with Crippen LogP contribution in [0.3, 0.4) is 0 Å². The average Bonchev–Trinajstić information content (AvgIpc) is 2.92. The zero-order valence-corrected chi connectivity index (χ0v) is 13.5. The summed E-state index contributed by atoms with van der Waals surface area (Å²) >= 11 is 1.51. The van der Waals surface area contributed by atoms with Crippen molar-refractivity contribution in [1.29, 1.82) is 0 Å². The van der Waals surface area contributed by atoms with Crippen LogP contribution in [0.5, 0.6) is 0 Å². The van der Waals surface area contributed by atoms with Gasteiger partial charge in [-0.1, -0.05) is 0 Å². The number of anilines is 1. The molecule has 0 radical (unpaired) electrons. The van der Waals surface area contributed by atoms with Gasteiger partial charge in [0.1, 0.15) is 5.00 Å². The third kappa shape index (κ3) is 2.96. The molecule has 0 unspecified atom stereocenters. The number of carbonyl (C=O) groups excluding carboxylic acids is 2. The van der Waals surface area contributed by atoms with E-state index in [-0.39, 0.29) is 5.91 Å². The Hall–Kier alpha value is -1.60. The van der Waals surface area contributed by atoms with Gasteiger partial charge in [-0.2, -0.15) is 0 Å². The minimum atomic E-state index is -0.533. The molecule has 0 saturated carbocycles. The van der Waals surface area contributed by atoms with Crippen molar-refractivity contribution in [3.8, 4) is 0 Å². The van der Waals surface area contributed by atoms with Crippen molar-refractivity contribution in [3.05, 3.63) is 16.0 Å². The van der Waals surface area contributed by atoms with Gasteiger partial charge in [-0.25, -0.2) is 4.79 Å². The fourth-order valence-electron chi connectivity index (χ4n) is 2.95. The highest BCUT2D eigenvalue weighted by molar-refractivity contribution is 7.17. The highest BCUT2D eigenvalue weighted by Gasteiger charge is 2.30. The van der Waals surface area contributed by atoms with E-state index in [0.717, 1.165) is 31.2 Å². The number of hydrogen-bond acceptors (Lipinski definition) is 5. The lowest BCUT2D eigenvalue weighted by molar-refractivity contribution is 0.0303. The SMILES string of the molecule is COC(=O)Nc1sc2c(c1C(=O)N1CCOCC1)CCCC2. The Kier molecular flexibility index (Phi) is 4.63. The van der Waals surface area contributed by atoms with Gasteiger partial charge in [-0.15, -0.1) is 11.3 Å². The molecule has 22 heavy (non-hydrogen) atoms. The molecule has 1 aromatic rings. The Bertz CT molecular complexity index is 578. The largest absolute Gasteiger partial charge is 0.453 e. The second-order valence-electron chi connectivity index (χ2n) is 5.44. The number of morpholine rings is 1. The second kappa shape index (κ2) is 6.66. The summed E-state index contributed by atoms with van der Waals surface area (Å²) < 4.78 is 9.99. The number of thiophene rings is 1. The summed E-state index contributed by atoms with van der Waals surface area (Å²) in [5, 5.41) is 3.34. The van der Waals surface area contributed by atoms with E-state index < -0.39 is 6.09 Å². The van der Waals surface area contributed by atoms with Gasteiger partial charge in [-0.05, 0) is 31.2 Å². The molecule has 2 heterocycles. The van der Waals surface area contributed by atoms with Crippen LogP contribution in [0.15, 0.2) is 0 Å². The molecule has 3 rings (SSSR count). The first kappa shape index (κ1) is 15.3. The number of ether oxygens (including phenoxy) is 2. The maximum Gasteiger partial charge on any atom is 0.411 e. The Balaban J connectivity index is 1.93. The summed E-state index contributed by atoms with van der Waals surface area (Å²) in [6.07, 6.45) is 3.57. The summed E-state index contributed by atoms with van der Waals surface area (Å²) in [5.41, 5.74) is 1.77. The molecule has 1 aliphatic carbocycles. The molecular formula is C15H20N2O4S. The lowest BCUT2D eigenvalue weighted by Gasteiger charge is -2.27. The Morgan fingerprint density at radius 2 is 1.95 bits per heavy atom. The van der Waals surface area contributed by atoms with Gasteiger partial charge in [0.15, 0.2) is 0 Å². The third-order valence-electron chi connectivity index (χ3n) is 4.08. The first-order chi connectivity index (χ1) is 10.7. The number of methoxy groups -OCH3 is 1. The number of fused-ring (bicyclic) bond motifs is 1. The van der Waals surface area contributed by atoms with Crippen LogP contribution in [0.4, 0.5) is 9.80 Å². The first-order valence-electron chi connectivity index (χ1n) is 7.57.